The van der Waals surface area contributed by atoms with E-state index in [1.165, 1.54) is 0 Å². The van der Waals surface area contributed by atoms with Crippen LogP contribution in [0.2, 0.25) is 0 Å². The highest BCUT2D eigenvalue weighted by molar-refractivity contribution is 7.99. The Hall–Kier alpha value is -0.710. The summed E-state index contributed by atoms with van der Waals surface area (Å²) >= 11 is 1.79. The van der Waals surface area contributed by atoms with Crippen molar-refractivity contribution in [2.45, 2.75) is 25.8 Å². The highest BCUT2D eigenvalue weighted by Gasteiger charge is 2.28. The van der Waals surface area contributed by atoms with Crippen LogP contribution in [0.4, 0.5) is 0 Å². The molecule has 15 heavy (non-hydrogen) atoms. The molecule has 1 fully saturated rings. The van der Waals surface area contributed by atoms with Gasteiger partial charge in [-0.05, 0) is 19.1 Å². The Morgan fingerprint density at radius 1 is 1.60 bits per heavy atom. The van der Waals surface area contributed by atoms with E-state index >= 15 is 0 Å². The van der Waals surface area contributed by atoms with Gasteiger partial charge in [0.1, 0.15) is 0 Å². The summed E-state index contributed by atoms with van der Waals surface area (Å²) in [5.41, 5.74) is 0. The number of nitrogens with zero attached hydrogens (tertiary/aromatic N) is 1. The van der Waals surface area contributed by atoms with E-state index < -0.39 is 5.97 Å². The van der Waals surface area contributed by atoms with Gasteiger partial charge in [-0.1, -0.05) is 0 Å². The Labute approximate surface area is 94.0 Å². The molecular weight excluding hydrogens is 214 g/mol. The smallest absolute Gasteiger partial charge is 0.305 e. The van der Waals surface area contributed by atoms with E-state index in [-0.39, 0.29) is 24.3 Å². The molecule has 1 saturated heterocycles. The average Bonchev–Trinajstić information content (AvgIpc) is 2.67. The number of carboxylic acid groups (broad SMARTS) is 1. The lowest BCUT2D eigenvalue weighted by atomic mass is 10.1. The third kappa shape index (κ3) is 3.41. The monoisotopic (exact) mass is 231 g/mol. The van der Waals surface area contributed by atoms with Crippen molar-refractivity contribution in [3.8, 4) is 0 Å². The van der Waals surface area contributed by atoms with Crippen molar-refractivity contribution in [2.75, 3.05) is 18.6 Å². The Kier molecular flexibility index (Phi) is 4.45. The fourth-order valence-electron chi connectivity index (χ4n) is 1.62. The van der Waals surface area contributed by atoms with Crippen LogP contribution in [-0.4, -0.2) is 46.5 Å². The summed E-state index contributed by atoms with van der Waals surface area (Å²) in [4.78, 5) is 24.0. The van der Waals surface area contributed by atoms with E-state index in [4.69, 9.17) is 5.11 Å². The number of thioether (sulfide) groups is 1. The quantitative estimate of drug-likeness (QED) is 0.786. The lowest BCUT2D eigenvalue weighted by Crippen LogP contribution is -2.40. The Morgan fingerprint density at radius 3 is 2.73 bits per heavy atom. The molecule has 86 valence electrons. The Balaban J connectivity index is 2.47. The van der Waals surface area contributed by atoms with Crippen LogP contribution in [-0.2, 0) is 9.59 Å². The van der Waals surface area contributed by atoms with Crippen molar-refractivity contribution >= 4 is 23.6 Å². The topological polar surface area (TPSA) is 57.6 Å². The molecule has 1 amide bonds. The van der Waals surface area contributed by atoms with Crippen molar-refractivity contribution in [3.05, 3.63) is 0 Å². The lowest BCUT2D eigenvalue weighted by Gasteiger charge is -2.26. The van der Waals surface area contributed by atoms with Gasteiger partial charge in [0.05, 0.1) is 6.42 Å². The summed E-state index contributed by atoms with van der Waals surface area (Å²) in [7, 11) is 1.69. The fourth-order valence-corrected chi connectivity index (χ4v) is 2.84. The molecule has 0 aliphatic carbocycles. The maximum Gasteiger partial charge on any atom is 0.305 e. The molecule has 1 N–H and O–H groups in total. The first kappa shape index (κ1) is 12.4. The van der Waals surface area contributed by atoms with E-state index in [1.807, 2.05) is 0 Å². The number of hydrogen-bond acceptors (Lipinski definition) is 3. The average molecular weight is 231 g/mol. The van der Waals surface area contributed by atoms with Gasteiger partial charge < -0.3 is 10.0 Å². The molecule has 0 bridgehead atoms. The van der Waals surface area contributed by atoms with Gasteiger partial charge in [0.15, 0.2) is 0 Å². The second kappa shape index (κ2) is 5.39. The third-order valence-corrected chi connectivity index (χ3v) is 3.92. The minimum atomic E-state index is -0.858. The highest BCUT2D eigenvalue weighted by Crippen LogP contribution is 2.25. The summed E-state index contributed by atoms with van der Waals surface area (Å²) in [5, 5.41) is 8.64. The van der Waals surface area contributed by atoms with Crippen molar-refractivity contribution in [3.63, 3.8) is 0 Å². The predicted octanol–water partition coefficient (Wildman–Crippen LogP) is 1.06. The zero-order valence-electron chi connectivity index (χ0n) is 9.10. The van der Waals surface area contributed by atoms with Crippen LogP contribution < -0.4 is 0 Å². The van der Waals surface area contributed by atoms with Gasteiger partial charge in [-0.2, -0.15) is 11.8 Å². The molecule has 0 radical (unpaired) electrons. The van der Waals surface area contributed by atoms with E-state index in [2.05, 4.69) is 0 Å². The van der Waals surface area contributed by atoms with Crippen LogP contribution in [0.5, 0.6) is 0 Å². The van der Waals surface area contributed by atoms with Gasteiger partial charge in [-0.25, -0.2) is 0 Å². The van der Waals surface area contributed by atoms with Crippen molar-refractivity contribution in [1.82, 2.24) is 4.90 Å². The molecule has 1 aliphatic heterocycles. The first-order valence-electron chi connectivity index (χ1n) is 5.08. The van der Waals surface area contributed by atoms with E-state index in [0.717, 1.165) is 17.9 Å². The highest BCUT2D eigenvalue weighted by atomic mass is 32.2. The zero-order chi connectivity index (χ0) is 11.4. The molecule has 0 aromatic carbocycles. The lowest BCUT2D eigenvalue weighted by molar-refractivity contribution is -0.140. The summed E-state index contributed by atoms with van der Waals surface area (Å²) in [6, 6.07) is -0.222. The van der Waals surface area contributed by atoms with Crippen molar-refractivity contribution < 1.29 is 14.7 Å². The molecule has 2 atom stereocenters. The van der Waals surface area contributed by atoms with Gasteiger partial charge in [0.2, 0.25) is 5.91 Å². The van der Waals surface area contributed by atoms with E-state index in [1.54, 1.807) is 30.6 Å². The first-order valence-corrected chi connectivity index (χ1v) is 6.24. The van der Waals surface area contributed by atoms with Crippen LogP contribution in [0, 0.1) is 5.92 Å². The predicted molar refractivity (Wildman–Crippen MR) is 59.9 cm³/mol. The van der Waals surface area contributed by atoms with Gasteiger partial charge in [-0.3, -0.25) is 9.59 Å². The second-order valence-corrected chi connectivity index (χ2v) is 5.11. The van der Waals surface area contributed by atoms with Crippen LogP contribution in [0.25, 0.3) is 0 Å². The molecule has 0 aromatic heterocycles. The van der Waals surface area contributed by atoms with Gasteiger partial charge in [-0.15, -0.1) is 0 Å². The summed E-state index contributed by atoms with van der Waals surface area (Å²) in [6.45, 7) is 1.77. The van der Waals surface area contributed by atoms with Gasteiger partial charge in [0.25, 0.3) is 0 Å². The van der Waals surface area contributed by atoms with E-state index in [0.29, 0.717) is 0 Å². The number of carbonyl (C=O) groups excluding carboxylic acids is 1. The number of carboxylic acids is 1. The Bertz CT molecular complexity index is 251. The van der Waals surface area contributed by atoms with Crippen LogP contribution in [0.15, 0.2) is 0 Å². The SMILES string of the molecule is CC(CC(=O)O)N(C)C(=O)C1CCSC1. The Morgan fingerprint density at radius 2 is 2.27 bits per heavy atom. The standard InChI is InChI=1S/C10H17NO3S/c1-7(5-9(12)13)11(2)10(14)8-3-4-15-6-8/h7-8H,3-6H2,1-2H3,(H,12,13). The molecule has 1 rings (SSSR count). The molecule has 0 aromatic rings. The molecule has 0 spiro atoms. The molecule has 5 heteroatoms. The van der Waals surface area contributed by atoms with Crippen molar-refractivity contribution in [1.29, 1.82) is 0 Å². The second-order valence-electron chi connectivity index (χ2n) is 3.96. The molecule has 2 unspecified atom stereocenters. The van der Waals surface area contributed by atoms with Crippen LogP contribution >= 0.6 is 11.8 Å². The number of aliphatic carboxylic acids is 1. The molecule has 1 aliphatic rings. The number of amides is 1. The fraction of sp³-hybridized carbons (Fsp3) is 0.800. The third-order valence-electron chi connectivity index (χ3n) is 2.76. The summed E-state index contributed by atoms with van der Waals surface area (Å²) in [6.07, 6.45) is 0.940. The van der Waals surface area contributed by atoms with Gasteiger partial charge in [0, 0.05) is 24.8 Å². The van der Waals surface area contributed by atoms with Crippen molar-refractivity contribution in [2.24, 2.45) is 5.92 Å². The number of rotatable bonds is 4. The molecule has 0 saturated carbocycles. The number of carbonyl (C=O) groups is 2. The zero-order valence-corrected chi connectivity index (χ0v) is 9.92. The summed E-state index contributed by atoms with van der Waals surface area (Å²) < 4.78 is 0. The maximum absolute atomic E-state index is 11.9. The molecule has 4 nitrogen and oxygen atoms in total. The molecular formula is C10H17NO3S. The molecule has 1 heterocycles. The normalized spacial score (nSPS) is 22.4. The van der Waals surface area contributed by atoms with E-state index in [9.17, 15) is 9.59 Å². The van der Waals surface area contributed by atoms with Crippen LogP contribution in [0.1, 0.15) is 19.8 Å². The largest absolute Gasteiger partial charge is 0.481 e. The first-order chi connectivity index (χ1) is 7.02. The summed E-state index contributed by atoms with van der Waals surface area (Å²) in [5.74, 6) is 1.24. The van der Waals surface area contributed by atoms with Crippen LogP contribution in [0.3, 0.4) is 0 Å². The maximum atomic E-state index is 11.9. The van der Waals surface area contributed by atoms with Gasteiger partial charge >= 0.3 is 5.97 Å². The number of hydrogen-bond donors (Lipinski definition) is 1. The minimum Gasteiger partial charge on any atom is -0.481 e. The minimum absolute atomic E-state index is 0.0160.